The van der Waals surface area contributed by atoms with E-state index in [1.807, 2.05) is 47.3 Å². The third kappa shape index (κ3) is 7.78. The van der Waals surface area contributed by atoms with Gasteiger partial charge in [-0.3, -0.25) is 9.59 Å². The zero-order chi connectivity index (χ0) is 31.2. The fourth-order valence-electron chi connectivity index (χ4n) is 6.63. The number of hydrogen-bond donors (Lipinski definition) is 3. The molecule has 4 aliphatic heterocycles. The maximum Gasteiger partial charge on any atom is 0.317 e. The predicted octanol–water partition coefficient (Wildman–Crippen LogP) is 3.43. The number of nitrogens with one attached hydrogen (secondary N) is 2. The molecule has 0 aromatic heterocycles. The number of hydrogen-bond acceptors (Lipinski definition) is 5. The first-order valence-electron chi connectivity index (χ1n) is 16.4. The number of benzene rings is 1. The van der Waals surface area contributed by atoms with Gasteiger partial charge in [-0.1, -0.05) is 19.1 Å². The molecule has 0 radical (unpaired) electrons. The Balaban J connectivity index is 1.29. The second-order valence-electron chi connectivity index (χ2n) is 12.6. The molecular formula is C33H49N8O3+. The Morgan fingerprint density at radius 3 is 2.20 bits per heavy atom. The lowest BCUT2D eigenvalue weighted by atomic mass is 9.89. The topological polar surface area (TPSA) is 126 Å². The average molecular weight is 606 g/mol. The summed E-state index contributed by atoms with van der Waals surface area (Å²) in [5.41, 5.74) is 9.39. The minimum absolute atomic E-state index is 0.0281. The van der Waals surface area contributed by atoms with Crippen LogP contribution in [-0.2, 0) is 9.59 Å². The maximum atomic E-state index is 12.9. The number of likely N-dealkylation sites (tertiary alicyclic amines) is 3. The van der Waals surface area contributed by atoms with Gasteiger partial charge in [0.05, 0.1) is 0 Å². The van der Waals surface area contributed by atoms with Crippen LogP contribution in [0.15, 0.2) is 40.8 Å². The molecule has 0 saturated carbocycles. The number of amides is 4. The van der Waals surface area contributed by atoms with Crippen LogP contribution in [0, 0.1) is 0 Å². The number of aliphatic imine (C=N–C) groups is 1. The largest absolute Gasteiger partial charge is 0.360 e. The van der Waals surface area contributed by atoms with Crippen molar-refractivity contribution in [3.63, 3.8) is 0 Å². The molecular weight excluding hydrogens is 556 g/mol. The van der Waals surface area contributed by atoms with Crippen LogP contribution in [0.25, 0.3) is 0 Å². The molecule has 1 atom stereocenters. The average Bonchev–Trinajstić information content (AvgIpc) is 3.76. The zero-order valence-corrected chi connectivity index (χ0v) is 26.6. The lowest BCUT2D eigenvalue weighted by molar-refractivity contribution is -0.379. The van der Waals surface area contributed by atoms with E-state index in [0.29, 0.717) is 36.9 Å². The van der Waals surface area contributed by atoms with E-state index in [1.165, 1.54) is 12.0 Å². The van der Waals surface area contributed by atoms with E-state index in [0.717, 1.165) is 88.5 Å². The molecule has 4 aliphatic rings. The Labute approximate surface area is 261 Å². The third-order valence-electron chi connectivity index (χ3n) is 9.39. The molecule has 3 fully saturated rings. The first kappa shape index (κ1) is 31.5. The van der Waals surface area contributed by atoms with E-state index in [2.05, 4.69) is 27.7 Å². The molecule has 5 rings (SSSR count). The van der Waals surface area contributed by atoms with Crippen LogP contribution in [0.5, 0.6) is 0 Å². The van der Waals surface area contributed by atoms with Crippen molar-refractivity contribution in [2.24, 2.45) is 10.7 Å². The van der Waals surface area contributed by atoms with Gasteiger partial charge in [0.15, 0.2) is 0 Å². The van der Waals surface area contributed by atoms with Crippen LogP contribution in [0.1, 0.15) is 83.6 Å². The van der Waals surface area contributed by atoms with Crippen LogP contribution in [0.2, 0.25) is 0 Å². The summed E-state index contributed by atoms with van der Waals surface area (Å²) in [5, 5.41) is 6.64. The van der Waals surface area contributed by atoms with Crippen LogP contribution in [0.3, 0.4) is 0 Å². The molecule has 0 aliphatic carbocycles. The molecule has 1 unspecified atom stereocenters. The minimum Gasteiger partial charge on any atom is -0.360 e. The number of primary amides is 1. The number of carbonyl (C=O) groups is 3. The van der Waals surface area contributed by atoms with E-state index < -0.39 is 5.91 Å². The molecule has 1 aromatic rings. The van der Waals surface area contributed by atoms with Crippen molar-refractivity contribution in [3.05, 3.63) is 41.3 Å². The van der Waals surface area contributed by atoms with Crippen molar-refractivity contribution in [3.8, 4) is 0 Å². The van der Waals surface area contributed by atoms with E-state index in [-0.39, 0.29) is 18.0 Å². The van der Waals surface area contributed by atoms with Crippen LogP contribution < -0.4 is 16.4 Å². The lowest BCUT2D eigenvalue weighted by Crippen LogP contribution is -2.53. The highest BCUT2D eigenvalue weighted by Crippen LogP contribution is 2.30. The van der Waals surface area contributed by atoms with Crippen molar-refractivity contribution >= 4 is 35.1 Å². The molecule has 238 valence electrons. The Morgan fingerprint density at radius 1 is 0.932 bits per heavy atom. The van der Waals surface area contributed by atoms with Crippen molar-refractivity contribution in [1.29, 1.82) is 0 Å². The second-order valence-corrected chi connectivity index (χ2v) is 12.6. The number of urea groups is 1. The summed E-state index contributed by atoms with van der Waals surface area (Å²) in [6.07, 6.45) is 7.66. The van der Waals surface area contributed by atoms with E-state index in [1.54, 1.807) is 0 Å². The molecule has 0 bridgehead atoms. The van der Waals surface area contributed by atoms with Crippen LogP contribution in [0.4, 0.5) is 10.5 Å². The van der Waals surface area contributed by atoms with Crippen molar-refractivity contribution in [2.75, 3.05) is 51.1 Å². The highest BCUT2D eigenvalue weighted by molar-refractivity contribution is 5.96. The summed E-state index contributed by atoms with van der Waals surface area (Å²) < 4.78 is 1.89. The van der Waals surface area contributed by atoms with E-state index >= 15 is 0 Å². The zero-order valence-electron chi connectivity index (χ0n) is 26.6. The molecule has 1 aromatic carbocycles. The first-order valence-corrected chi connectivity index (χ1v) is 16.4. The van der Waals surface area contributed by atoms with Crippen LogP contribution in [-0.4, -0.2) is 101 Å². The highest BCUT2D eigenvalue weighted by Gasteiger charge is 2.39. The second kappa shape index (κ2) is 14.3. The molecule has 4 heterocycles. The smallest absolute Gasteiger partial charge is 0.317 e. The van der Waals surface area contributed by atoms with Gasteiger partial charge < -0.3 is 31.1 Å². The fraction of sp³-hybridized carbons (Fsp3) is 0.606. The monoisotopic (exact) mass is 605 g/mol. The van der Waals surface area contributed by atoms with E-state index in [4.69, 9.17) is 10.7 Å². The number of nitrogens with two attached hydrogens (primary N) is 1. The van der Waals surface area contributed by atoms with Gasteiger partial charge in [0.25, 0.3) is 0 Å². The van der Waals surface area contributed by atoms with Crippen molar-refractivity contribution in [2.45, 2.75) is 84.1 Å². The van der Waals surface area contributed by atoms with Gasteiger partial charge in [0.2, 0.25) is 24.0 Å². The fourth-order valence-corrected chi connectivity index (χ4v) is 6.63. The first-order chi connectivity index (χ1) is 21.2. The molecule has 44 heavy (non-hydrogen) atoms. The molecule has 4 N–H and O–H groups in total. The Bertz CT molecular complexity index is 1320. The minimum atomic E-state index is -0.531. The van der Waals surface area contributed by atoms with Gasteiger partial charge in [0.1, 0.15) is 5.84 Å². The number of carbonyl (C=O) groups excluding carboxylic acids is 3. The summed E-state index contributed by atoms with van der Waals surface area (Å²) in [7, 11) is 0. The lowest BCUT2D eigenvalue weighted by Gasteiger charge is -2.36. The highest BCUT2D eigenvalue weighted by atomic mass is 16.2. The van der Waals surface area contributed by atoms with Gasteiger partial charge in [-0.25, -0.2) is 9.79 Å². The van der Waals surface area contributed by atoms with Crippen molar-refractivity contribution < 1.29 is 19.0 Å². The molecule has 3 saturated heterocycles. The van der Waals surface area contributed by atoms with Gasteiger partial charge in [0, 0.05) is 64.3 Å². The summed E-state index contributed by atoms with van der Waals surface area (Å²) in [5.74, 6) is 1.30. The van der Waals surface area contributed by atoms with Gasteiger partial charge in [-0.15, -0.1) is 0 Å². The number of piperidine rings is 3. The Morgan fingerprint density at radius 2 is 1.59 bits per heavy atom. The summed E-state index contributed by atoms with van der Waals surface area (Å²) in [6.45, 7) is 11.3. The summed E-state index contributed by atoms with van der Waals surface area (Å²) >= 11 is 0. The summed E-state index contributed by atoms with van der Waals surface area (Å²) in [6, 6.07) is 8.36. The van der Waals surface area contributed by atoms with E-state index in [9.17, 15) is 14.4 Å². The molecule has 11 nitrogen and oxygen atoms in total. The Kier molecular flexibility index (Phi) is 10.2. The van der Waals surface area contributed by atoms with Gasteiger partial charge >= 0.3 is 17.6 Å². The molecule has 4 amide bonds. The van der Waals surface area contributed by atoms with Crippen LogP contribution >= 0.6 is 0 Å². The Hall–Kier alpha value is -3.89. The number of nitrogens with zero attached hydrogens (tertiary/aromatic N) is 5. The number of rotatable bonds is 8. The van der Waals surface area contributed by atoms with Gasteiger partial charge in [-0.05, 0) is 75.5 Å². The standard InChI is InChI=1S/C33H48N8O3/c1-4-29(42)38-19-14-26(15-20-38)25-10-12-27(13-11-25)36-32(30(31(34)43)41-21-23(41)2)35-24(3)40-18-8-9-28(22-40)37-33(44)39-16-6-5-7-17-39/h10-13,26,28H,4-9,14-22H2,1-3H3,(H3-,34,36,37,43,44)/p+1. The SMILES string of the molecule is CCC(=O)N1CCC(c2ccc(NC(N=C(C)N3CCCC(NC(=O)N4CCCCC4)C3)=C(C(N)=O)[N+]3=C(C)C3)cc2)CC1. The molecule has 11 heteroatoms. The predicted molar refractivity (Wildman–Crippen MR) is 173 cm³/mol. The van der Waals surface area contributed by atoms with Gasteiger partial charge in [-0.2, -0.15) is 4.58 Å². The number of anilines is 1. The number of amidine groups is 1. The maximum absolute atomic E-state index is 12.9. The van der Waals surface area contributed by atoms with Crippen molar-refractivity contribution in [1.82, 2.24) is 20.0 Å². The third-order valence-corrected chi connectivity index (χ3v) is 9.39. The normalized spacial score (nSPS) is 22.0. The summed E-state index contributed by atoms with van der Waals surface area (Å²) in [4.78, 5) is 48.7. The quantitative estimate of drug-likeness (QED) is 0.181. The molecule has 0 spiro atoms.